The monoisotopic (exact) mass is 1070 g/mol. The summed E-state index contributed by atoms with van der Waals surface area (Å²) in [7, 11) is 0. The molecule has 0 aromatic heterocycles. The van der Waals surface area contributed by atoms with Crippen molar-refractivity contribution in [3.05, 3.63) is 0 Å². The number of carbonyl (C=O) groups excluding carboxylic acids is 4. The summed E-state index contributed by atoms with van der Waals surface area (Å²) in [6, 6.07) is 0. The van der Waals surface area contributed by atoms with Crippen molar-refractivity contribution in [1.29, 1.82) is 0 Å². The molecule has 60 heavy (non-hydrogen) atoms. The molecule has 0 aliphatic heterocycles. The molecule has 10 heteroatoms. The van der Waals surface area contributed by atoms with E-state index in [1.165, 1.54) is 141 Å². The van der Waals surface area contributed by atoms with Crippen LogP contribution in [-0.4, -0.2) is 76.6 Å². The number of carbonyl (C=O) groups is 4. The van der Waals surface area contributed by atoms with Crippen LogP contribution in [0.25, 0.3) is 0 Å². The Bertz CT molecular complexity index is 780. The predicted octanol–water partition coefficient (Wildman–Crippen LogP) is 13.4. The molecular weight excluding hydrogens is 966 g/mol. The third-order valence-electron chi connectivity index (χ3n) is 10.4. The Labute approximate surface area is 387 Å². The molecule has 0 rings (SSSR count). The first-order valence-electron chi connectivity index (χ1n) is 25.4. The summed E-state index contributed by atoms with van der Waals surface area (Å²) in [5, 5.41) is 20.2. The van der Waals surface area contributed by atoms with E-state index in [0.29, 0.717) is 13.2 Å². The zero-order valence-corrected chi connectivity index (χ0v) is 46.8. The van der Waals surface area contributed by atoms with Gasteiger partial charge in [-0.2, -0.15) is 0 Å². The number of esters is 2. The SMILES string of the molecule is CCCCCCCCCOC(=O)CCC(=O)[O-].CCCCCCCCCOC(=O)CCC(=O)[O-].CCC[CH2][Sn+]([CH2]CCC)[CH2]CCC.CCC[CH2][Sn+]([CH2]CCC)[CH2]CCC. The molecule has 0 spiro atoms. The van der Waals surface area contributed by atoms with Gasteiger partial charge in [-0.25, -0.2) is 0 Å². The van der Waals surface area contributed by atoms with Crippen LogP contribution in [0.5, 0.6) is 0 Å². The average molecular weight is 1070 g/mol. The van der Waals surface area contributed by atoms with Crippen molar-refractivity contribution >= 4 is 63.4 Å². The van der Waals surface area contributed by atoms with Crippen LogP contribution in [0, 0.1) is 0 Å². The number of carboxylic acid groups (broad SMARTS) is 2. The Hall–Kier alpha value is -0.523. The fraction of sp³-hybridized carbons (Fsp3) is 0.920. The first kappa shape index (κ1) is 66.1. The van der Waals surface area contributed by atoms with Crippen LogP contribution in [0.4, 0.5) is 0 Å². The Morgan fingerprint density at radius 2 is 0.533 bits per heavy atom. The van der Waals surface area contributed by atoms with Gasteiger partial charge in [0.15, 0.2) is 0 Å². The molecule has 0 saturated carbocycles. The van der Waals surface area contributed by atoms with E-state index < -0.39 is 63.4 Å². The van der Waals surface area contributed by atoms with Gasteiger partial charge in [-0.1, -0.05) is 90.9 Å². The molecule has 0 fully saturated rings. The van der Waals surface area contributed by atoms with E-state index in [4.69, 9.17) is 9.47 Å². The minimum atomic E-state index is -1.21. The minimum absolute atomic E-state index is 0.0845. The Kier molecular flexibility index (Phi) is 64.4. The molecule has 0 atom stereocenters. The van der Waals surface area contributed by atoms with Gasteiger partial charge in [0.2, 0.25) is 0 Å². The van der Waals surface area contributed by atoms with Gasteiger partial charge >= 0.3 is 197 Å². The van der Waals surface area contributed by atoms with Crippen LogP contribution < -0.4 is 10.2 Å². The molecule has 0 aromatic carbocycles. The molecule has 0 heterocycles. The standard InChI is InChI=1S/2C13H24O4.6C4H9.2Sn/c2*1-2-3-4-5-6-7-8-11-17-13(16)10-9-12(14)15;6*1-3-4-2;;/h2*2-11H2,1H3,(H,14,15);6*1,3-4H2,2H3;;/q;;;;;;;;2*+1/p-2. The second kappa shape index (κ2) is 58.5. The molecule has 0 aromatic rings. The number of rotatable bonds is 40. The van der Waals surface area contributed by atoms with Gasteiger partial charge in [-0.3, -0.25) is 9.59 Å². The van der Waals surface area contributed by atoms with E-state index in [1.54, 1.807) is 26.6 Å². The van der Waals surface area contributed by atoms with Crippen molar-refractivity contribution in [2.75, 3.05) is 13.2 Å². The van der Waals surface area contributed by atoms with Crippen LogP contribution in [0.3, 0.4) is 0 Å². The second-order valence-electron chi connectivity index (χ2n) is 16.5. The molecule has 0 saturated heterocycles. The van der Waals surface area contributed by atoms with Gasteiger partial charge in [-0.05, 0) is 25.7 Å². The van der Waals surface area contributed by atoms with E-state index in [9.17, 15) is 29.4 Å². The van der Waals surface area contributed by atoms with Crippen molar-refractivity contribution in [3.8, 4) is 0 Å². The summed E-state index contributed by atoms with van der Waals surface area (Å²) in [6.07, 6.45) is 33.3. The molecule has 0 radical (unpaired) electrons. The van der Waals surface area contributed by atoms with Gasteiger partial charge in [0.05, 0.1) is 26.1 Å². The van der Waals surface area contributed by atoms with E-state index >= 15 is 0 Å². The number of hydrogen-bond acceptors (Lipinski definition) is 8. The van der Waals surface area contributed by atoms with Gasteiger partial charge in [-0.15, -0.1) is 0 Å². The van der Waals surface area contributed by atoms with E-state index in [2.05, 4.69) is 55.4 Å². The fourth-order valence-corrected chi connectivity index (χ4v) is 25.3. The van der Waals surface area contributed by atoms with Crippen LogP contribution in [0.15, 0.2) is 0 Å². The van der Waals surface area contributed by atoms with E-state index in [-0.39, 0.29) is 25.7 Å². The molecule has 0 N–H and O–H groups in total. The quantitative estimate of drug-likeness (QED) is 0.0337. The molecule has 356 valence electrons. The van der Waals surface area contributed by atoms with Crippen LogP contribution in [0.1, 0.15) is 248 Å². The van der Waals surface area contributed by atoms with Crippen LogP contribution in [-0.2, 0) is 28.7 Å². The maximum atomic E-state index is 11.0. The van der Waals surface area contributed by atoms with Gasteiger partial charge in [0.1, 0.15) is 0 Å². The molecule has 0 unspecified atom stereocenters. The Morgan fingerprint density at radius 3 is 0.750 bits per heavy atom. The molecular formula is C50H100O8Sn2. The fourth-order valence-electron chi connectivity index (χ4n) is 6.35. The molecule has 0 bridgehead atoms. The number of hydrogen-bond donors (Lipinski definition) is 0. The summed E-state index contributed by atoms with van der Waals surface area (Å²) in [5.74, 6) is -3.31. The Balaban J connectivity index is -0.000000351. The number of unbranched alkanes of at least 4 members (excludes halogenated alkanes) is 18. The van der Waals surface area contributed by atoms with Crippen molar-refractivity contribution in [2.24, 2.45) is 0 Å². The van der Waals surface area contributed by atoms with Crippen molar-refractivity contribution in [1.82, 2.24) is 0 Å². The van der Waals surface area contributed by atoms with E-state index in [1.807, 2.05) is 0 Å². The first-order chi connectivity index (χ1) is 29.0. The van der Waals surface area contributed by atoms with Crippen LogP contribution >= 0.6 is 0 Å². The third kappa shape index (κ3) is 64.1. The third-order valence-corrected chi connectivity index (χ3v) is 28.6. The Morgan fingerprint density at radius 1 is 0.317 bits per heavy atom. The summed E-state index contributed by atoms with van der Waals surface area (Å²) in [4.78, 5) is 42.2. The van der Waals surface area contributed by atoms with Crippen molar-refractivity contribution in [3.63, 3.8) is 0 Å². The van der Waals surface area contributed by atoms with Gasteiger partial charge < -0.3 is 29.3 Å². The van der Waals surface area contributed by atoms with Gasteiger partial charge in [0.25, 0.3) is 0 Å². The normalized spacial score (nSPS) is 10.3. The summed E-state index contributed by atoms with van der Waals surface area (Å²) in [6.45, 7) is 19.2. The maximum absolute atomic E-state index is 11.0. The van der Waals surface area contributed by atoms with Crippen molar-refractivity contribution < 1.29 is 38.9 Å². The van der Waals surface area contributed by atoms with E-state index in [0.717, 1.165) is 25.7 Å². The predicted molar refractivity (Wildman–Crippen MR) is 256 cm³/mol. The molecule has 0 amide bonds. The summed E-state index contributed by atoms with van der Waals surface area (Å²) >= 11 is -1.68. The van der Waals surface area contributed by atoms with Gasteiger partial charge in [0, 0.05) is 11.9 Å². The zero-order chi connectivity index (χ0) is 45.7. The molecule has 8 nitrogen and oxygen atoms in total. The summed E-state index contributed by atoms with van der Waals surface area (Å²) < 4.78 is 19.9. The van der Waals surface area contributed by atoms with Crippen molar-refractivity contribution in [2.45, 2.75) is 275 Å². The number of ether oxygens (including phenoxy) is 2. The second-order valence-corrected chi connectivity index (χ2v) is 33.7. The van der Waals surface area contributed by atoms with Crippen LogP contribution in [0.2, 0.25) is 26.6 Å². The molecule has 0 aliphatic rings. The molecule has 0 aliphatic carbocycles. The zero-order valence-electron chi connectivity index (χ0n) is 41.1. The summed E-state index contributed by atoms with van der Waals surface area (Å²) in [5.41, 5.74) is 0. The number of carboxylic acids is 2. The number of aliphatic carboxylic acids is 2. The first-order valence-corrected chi connectivity index (χ1v) is 37.5. The topological polar surface area (TPSA) is 133 Å². The average Bonchev–Trinajstić information content (AvgIpc) is 3.24.